The number of likely N-dealkylation sites (tertiary alicyclic amines) is 1. The lowest BCUT2D eigenvalue weighted by Gasteiger charge is -2.49. The Labute approximate surface area is 193 Å². The molecule has 1 radical (unpaired) electrons. The minimum Gasteiger partial charge on any atom is -0.340 e. The Bertz CT molecular complexity index is 1320. The van der Waals surface area contributed by atoms with Crippen LogP contribution < -0.4 is 4.90 Å². The van der Waals surface area contributed by atoms with E-state index in [1.807, 2.05) is 13.1 Å². The summed E-state index contributed by atoms with van der Waals surface area (Å²) in [7, 11) is 1.81. The van der Waals surface area contributed by atoms with Crippen LogP contribution in [0.25, 0.3) is 0 Å². The van der Waals surface area contributed by atoms with Crippen molar-refractivity contribution in [1.82, 2.24) is 19.7 Å². The van der Waals surface area contributed by atoms with Crippen molar-refractivity contribution < 1.29 is 22.8 Å². The van der Waals surface area contributed by atoms with Crippen molar-refractivity contribution in [3.05, 3.63) is 83.3 Å². The molecule has 1 saturated heterocycles. The maximum absolute atomic E-state index is 13.6. The number of hydrogen-bond donors (Lipinski definition) is 0. The number of halogens is 3. The third-order valence-corrected chi connectivity index (χ3v) is 6.62. The molecule has 34 heavy (non-hydrogen) atoms. The third-order valence-electron chi connectivity index (χ3n) is 6.62. The van der Waals surface area contributed by atoms with Crippen LogP contribution in [0.3, 0.4) is 0 Å². The van der Waals surface area contributed by atoms with Gasteiger partial charge in [-0.1, -0.05) is 12.1 Å². The number of aromatic nitrogens is 3. The van der Waals surface area contributed by atoms with E-state index in [9.17, 15) is 22.8 Å². The highest BCUT2D eigenvalue weighted by Gasteiger charge is 2.50. The highest BCUT2D eigenvalue weighted by Crippen LogP contribution is 2.43. The van der Waals surface area contributed by atoms with Gasteiger partial charge >= 0.3 is 6.18 Å². The number of hydrogen-bond acceptors (Lipinski definition) is 4. The second-order valence-electron chi connectivity index (χ2n) is 8.83. The van der Waals surface area contributed by atoms with E-state index in [1.54, 1.807) is 34.0 Å². The Hall–Kier alpha value is -3.69. The first-order valence-electron chi connectivity index (χ1n) is 10.6. The van der Waals surface area contributed by atoms with E-state index in [2.05, 4.69) is 17.1 Å². The van der Waals surface area contributed by atoms with E-state index in [0.717, 1.165) is 11.6 Å². The molecule has 10 heteroatoms. The van der Waals surface area contributed by atoms with Crippen molar-refractivity contribution in [3.63, 3.8) is 0 Å². The Kier molecular flexibility index (Phi) is 4.82. The summed E-state index contributed by atoms with van der Waals surface area (Å²) < 4.78 is 42.7. The fraction of sp³-hybridized carbons (Fsp3) is 0.292. The summed E-state index contributed by atoms with van der Waals surface area (Å²) in [6, 6.07) is 9.48. The summed E-state index contributed by atoms with van der Waals surface area (Å²) in [6.07, 6.45) is -3.01. The summed E-state index contributed by atoms with van der Waals surface area (Å²) >= 11 is 0. The molecule has 2 aromatic carbocycles. The number of aryl methyl sites for hydroxylation is 1. The average molecular weight is 468 g/mol. The molecule has 0 unspecified atom stereocenters. The van der Waals surface area contributed by atoms with E-state index in [1.165, 1.54) is 17.9 Å². The molecule has 0 aliphatic carbocycles. The quantitative estimate of drug-likeness (QED) is 0.591. The van der Waals surface area contributed by atoms with Gasteiger partial charge in [-0.05, 0) is 47.9 Å². The van der Waals surface area contributed by atoms with Gasteiger partial charge in [-0.15, -0.1) is 10.2 Å². The van der Waals surface area contributed by atoms with Crippen LogP contribution in [0.15, 0.2) is 42.7 Å². The van der Waals surface area contributed by atoms with Crippen molar-refractivity contribution in [2.45, 2.75) is 25.1 Å². The van der Waals surface area contributed by atoms with Crippen molar-refractivity contribution >= 4 is 17.5 Å². The lowest BCUT2D eigenvalue weighted by atomic mass is 9.72. The fourth-order valence-electron chi connectivity index (χ4n) is 4.90. The van der Waals surface area contributed by atoms with Gasteiger partial charge in [0.2, 0.25) is 5.91 Å². The number of benzene rings is 2. The minimum atomic E-state index is -4.59. The van der Waals surface area contributed by atoms with Crippen LogP contribution in [0.5, 0.6) is 0 Å². The lowest BCUT2D eigenvalue weighted by Crippen LogP contribution is -2.62. The normalized spacial score (nSPS) is 17.1. The standard InChI is InChI=1S/C24H21F3N5O2/c1-14-7-18-19(20(8-14)24(25,26)27)10-32(21(18)34)17-6-4-5-16(9-17)23(11-31(12-23)15(2)33)22-29-28-13-30(22)3/h4-9,13H,1,10-12H2,2-3H3. The fourth-order valence-corrected chi connectivity index (χ4v) is 4.90. The van der Waals surface area contributed by atoms with Crippen LogP contribution in [0.4, 0.5) is 18.9 Å². The molecule has 1 aromatic heterocycles. The van der Waals surface area contributed by atoms with Gasteiger partial charge in [-0.2, -0.15) is 13.2 Å². The molecule has 3 aromatic rings. The van der Waals surface area contributed by atoms with E-state index >= 15 is 0 Å². The Morgan fingerprint density at radius 2 is 1.91 bits per heavy atom. The topological polar surface area (TPSA) is 71.3 Å². The molecule has 1 fully saturated rings. The second kappa shape index (κ2) is 7.41. The molecule has 2 aliphatic rings. The molecule has 2 aliphatic heterocycles. The molecule has 0 N–H and O–H groups in total. The molecule has 5 rings (SSSR count). The number of carbonyl (C=O) groups excluding carboxylic acids is 2. The number of alkyl halides is 3. The highest BCUT2D eigenvalue weighted by molar-refractivity contribution is 6.10. The van der Waals surface area contributed by atoms with E-state index in [4.69, 9.17) is 0 Å². The van der Waals surface area contributed by atoms with Gasteiger partial charge in [0.05, 0.1) is 17.5 Å². The maximum atomic E-state index is 13.6. The molecule has 2 amide bonds. The largest absolute Gasteiger partial charge is 0.416 e. The Morgan fingerprint density at radius 3 is 2.53 bits per heavy atom. The van der Waals surface area contributed by atoms with Crippen molar-refractivity contribution in [2.75, 3.05) is 18.0 Å². The highest BCUT2D eigenvalue weighted by atomic mass is 19.4. The van der Waals surface area contributed by atoms with Gasteiger partial charge in [0.1, 0.15) is 12.2 Å². The van der Waals surface area contributed by atoms with Crippen LogP contribution in [0.2, 0.25) is 0 Å². The second-order valence-corrected chi connectivity index (χ2v) is 8.83. The van der Waals surface area contributed by atoms with E-state index in [-0.39, 0.29) is 29.1 Å². The van der Waals surface area contributed by atoms with Crippen molar-refractivity contribution in [1.29, 1.82) is 0 Å². The lowest BCUT2D eigenvalue weighted by molar-refractivity contribution is -0.138. The number of anilines is 1. The molecular weight excluding hydrogens is 447 g/mol. The van der Waals surface area contributed by atoms with Crippen molar-refractivity contribution in [2.24, 2.45) is 7.05 Å². The number of amides is 2. The maximum Gasteiger partial charge on any atom is 0.416 e. The average Bonchev–Trinajstić information content (AvgIpc) is 3.30. The number of carbonyl (C=O) groups is 2. The van der Waals surface area contributed by atoms with Crippen LogP contribution in [-0.4, -0.2) is 44.6 Å². The van der Waals surface area contributed by atoms with Gasteiger partial charge in [-0.25, -0.2) is 0 Å². The number of rotatable bonds is 3. The summed E-state index contributed by atoms with van der Waals surface area (Å²) in [5.74, 6) is 0.0943. The predicted octanol–water partition coefficient (Wildman–Crippen LogP) is 3.32. The Balaban J connectivity index is 1.55. The van der Waals surface area contributed by atoms with Crippen molar-refractivity contribution in [3.8, 4) is 0 Å². The van der Waals surface area contributed by atoms with Gasteiger partial charge < -0.3 is 14.4 Å². The van der Waals surface area contributed by atoms with Crippen LogP contribution >= 0.6 is 0 Å². The summed E-state index contributed by atoms with van der Waals surface area (Å²) in [5, 5.41) is 8.24. The zero-order valence-corrected chi connectivity index (χ0v) is 18.6. The number of nitrogens with zero attached hydrogens (tertiary/aromatic N) is 5. The number of fused-ring (bicyclic) bond motifs is 1. The molecule has 0 saturated carbocycles. The molecule has 3 heterocycles. The van der Waals surface area contributed by atoms with Gasteiger partial charge in [0, 0.05) is 38.3 Å². The molecular formula is C24H21F3N5O2. The van der Waals surface area contributed by atoms with Gasteiger partial charge in [0.25, 0.3) is 5.91 Å². The van der Waals surface area contributed by atoms with E-state index in [0.29, 0.717) is 24.6 Å². The van der Waals surface area contributed by atoms with Gasteiger partial charge in [-0.3, -0.25) is 9.59 Å². The SMILES string of the molecule is [CH2]c1cc2c(c(C(F)(F)F)c1)CN(c1cccc(C3(c4nncn4C)CN(C(C)=O)C3)c1)C2=O. The van der Waals surface area contributed by atoms with Crippen LogP contribution in [0.1, 0.15) is 45.4 Å². The van der Waals surface area contributed by atoms with Gasteiger partial charge in [0.15, 0.2) is 0 Å². The Morgan fingerprint density at radius 1 is 1.18 bits per heavy atom. The molecule has 175 valence electrons. The van der Waals surface area contributed by atoms with Crippen LogP contribution in [-0.2, 0) is 30.0 Å². The zero-order valence-electron chi connectivity index (χ0n) is 18.6. The summed E-state index contributed by atoms with van der Waals surface area (Å²) in [6.45, 7) is 5.68. The zero-order chi connectivity index (χ0) is 24.4. The van der Waals surface area contributed by atoms with E-state index < -0.39 is 23.1 Å². The molecule has 7 nitrogen and oxygen atoms in total. The summed E-state index contributed by atoms with van der Waals surface area (Å²) in [4.78, 5) is 28.1. The predicted molar refractivity (Wildman–Crippen MR) is 117 cm³/mol. The van der Waals surface area contributed by atoms with Crippen LogP contribution in [0, 0.1) is 6.92 Å². The first-order valence-corrected chi connectivity index (χ1v) is 10.6. The smallest absolute Gasteiger partial charge is 0.340 e. The molecule has 0 spiro atoms. The molecule has 0 bridgehead atoms. The monoisotopic (exact) mass is 468 g/mol. The summed E-state index contributed by atoms with van der Waals surface area (Å²) in [5.41, 5.74) is -0.107. The molecule has 0 atom stereocenters. The third kappa shape index (κ3) is 3.27. The minimum absolute atomic E-state index is 0.0136. The first kappa shape index (κ1) is 22.1. The first-order chi connectivity index (χ1) is 16.0.